The Kier molecular flexibility index (Phi) is 4.35. The van der Waals surface area contributed by atoms with Crippen LogP contribution in [0.15, 0.2) is 42.5 Å². The Morgan fingerprint density at radius 2 is 1.95 bits per heavy atom. The summed E-state index contributed by atoms with van der Waals surface area (Å²) < 4.78 is 1.78. The first kappa shape index (κ1) is 13.9. The van der Waals surface area contributed by atoms with Crippen LogP contribution in [0.3, 0.4) is 0 Å². The lowest BCUT2D eigenvalue weighted by molar-refractivity contribution is 0.910. The Hall–Kier alpha value is -2.08. The summed E-state index contributed by atoms with van der Waals surface area (Å²) in [6, 6.07) is 13.9. The van der Waals surface area contributed by atoms with Crippen molar-refractivity contribution < 1.29 is 0 Å². The number of hydrogen-bond donors (Lipinski definition) is 1. The molecular weight excluding hydrogens is 282 g/mol. The Bertz CT molecular complexity index is 710. The first-order valence-electron chi connectivity index (χ1n) is 6.89. The van der Waals surface area contributed by atoms with E-state index < -0.39 is 0 Å². The fraction of sp³-hybridized carbons (Fsp3) is 0.267. The summed E-state index contributed by atoms with van der Waals surface area (Å²) in [5.74, 6) is 2.76. The van der Waals surface area contributed by atoms with Crippen LogP contribution in [0.2, 0.25) is 0 Å². The second-order valence-electron chi connectivity index (χ2n) is 4.65. The van der Waals surface area contributed by atoms with E-state index in [1.165, 1.54) is 0 Å². The lowest BCUT2D eigenvalue weighted by Crippen LogP contribution is -2.06. The maximum absolute atomic E-state index is 4.58. The van der Waals surface area contributed by atoms with Crippen LogP contribution in [-0.4, -0.2) is 38.4 Å². The van der Waals surface area contributed by atoms with E-state index >= 15 is 0 Å². The van der Waals surface area contributed by atoms with Crippen LogP contribution in [-0.2, 0) is 0 Å². The molecule has 21 heavy (non-hydrogen) atoms. The minimum Gasteiger partial charge on any atom is -0.369 e. The molecule has 3 rings (SSSR count). The average Bonchev–Trinajstić information content (AvgIpc) is 2.95. The summed E-state index contributed by atoms with van der Waals surface area (Å²) in [5, 5.41) is 16.3. The van der Waals surface area contributed by atoms with Gasteiger partial charge >= 0.3 is 0 Å². The summed E-state index contributed by atoms with van der Waals surface area (Å²) in [6.45, 7) is 0.919. The SMILES string of the molecule is CSCCCNc1ccc2nnc(-c3ccccc3)n2n1. The molecule has 5 nitrogen and oxygen atoms in total. The molecule has 0 saturated carbocycles. The molecule has 0 unspecified atom stereocenters. The molecule has 0 aliphatic heterocycles. The molecule has 1 aromatic carbocycles. The topological polar surface area (TPSA) is 55.1 Å². The first-order chi connectivity index (χ1) is 10.4. The Morgan fingerprint density at radius 1 is 1.10 bits per heavy atom. The van der Waals surface area contributed by atoms with Crippen molar-refractivity contribution >= 4 is 23.2 Å². The van der Waals surface area contributed by atoms with Crippen molar-refractivity contribution in [2.45, 2.75) is 6.42 Å². The van der Waals surface area contributed by atoms with Crippen LogP contribution in [0.25, 0.3) is 17.0 Å². The van der Waals surface area contributed by atoms with Gasteiger partial charge < -0.3 is 5.32 Å². The first-order valence-corrected chi connectivity index (χ1v) is 8.28. The average molecular weight is 299 g/mol. The van der Waals surface area contributed by atoms with E-state index in [2.05, 4.69) is 26.9 Å². The molecule has 0 bridgehead atoms. The van der Waals surface area contributed by atoms with Gasteiger partial charge in [-0.05, 0) is 30.6 Å². The molecule has 0 amide bonds. The highest BCUT2D eigenvalue weighted by atomic mass is 32.2. The van der Waals surface area contributed by atoms with Gasteiger partial charge in [0, 0.05) is 12.1 Å². The lowest BCUT2D eigenvalue weighted by Gasteiger charge is -2.05. The van der Waals surface area contributed by atoms with Crippen LogP contribution >= 0.6 is 11.8 Å². The highest BCUT2D eigenvalue weighted by Gasteiger charge is 2.09. The van der Waals surface area contributed by atoms with E-state index in [0.29, 0.717) is 0 Å². The third kappa shape index (κ3) is 3.16. The zero-order valence-corrected chi connectivity index (χ0v) is 12.7. The number of hydrogen-bond acceptors (Lipinski definition) is 5. The fourth-order valence-electron chi connectivity index (χ4n) is 2.08. The van der Waals surface area contributed by atoms with Crippen molar-refractivity contribution in [3.63, 3.8) is 0 Å². The van der Waals surface area contributed by atoms with E-state index in [0.717, 1.165) is 41.6 Å². The highest BCUT2D eigenvalue weighted by Crippen LogP contribution is 2.17. The van der Waals surface area contributed by atoms with E-state index in [9.17, 15) is 0 Å². The van der Waals surface area contributed by atoms with Crippen molar-refractivity contribution in [1.29, 1.82) is 0 Å². The summed E-state index contributed by atoms with van der Waals surface area (Å²) >= 11 is 1.85. The fourth-order valence-corrected chi connectivity index (χ4v) is 2.52. The van der Waals surface area contributed by atoms with Gasteiger partial charge in [-0.15, -0.1) is 15.3 Å². The van der Waals surface area contributed by atoms with Gasteiger partial charge in [-0.25, -0.2) is 0 Å². The zero-order valence-electron chi connectivity index (χ0n) is 11.9. The molecule has 0 saturated heterocycles. The summed E-state index contributed by atoms with van der Waals surface area (Å²) in [4.78, 5) is 0. The minimum absolute atomic E-state index is 0.753. The van der Waals surface area contributed by atoms with E-state index in [4.69, 9.17) is 0 Å². The van der Waals surface area contributed by atoms with Crippen molar-refractivity contribution in [3.05, 3.63) is 42.5 Å². The number of rotatable bonds is 6. The van der Waals surface area contributed by atoms with E-state index in [-0.39, 0.29) is 0 Å². The predicted molar refractivity (Wildman–Crippen MR) is 87.7 cm³/mol. The zero-order chi connectivity index (χ0) is 14.5. The van der Waals surface area contributed by atoms with Crippen molar-refractivity contribution in [2.75, 3.05) is 23.9 Å². The van der Waals surface area contributed by atoms with Gasteiger partial charge in [0.1, 0.15) is 5.82 Å². The Balaban J connectivity index is 1.86. The van der Waals surface area contributed by atoms with Gasteiger partial charge in [-0.2, -0.15) is 16.3 Å². The van der Waals surface area contributed by atoms with Crippen LogP contribution in [0.5, 0.6) is 0 Å². The normalized spacial score (nSPS) is 10.9. The molecule has 0 atom stereocenters. The number of nitrogens with zero attached hydrogens (tertiary/aromatic N) is 4. The minimum atomic E-state index is 0.753. The highest BCUT2D eigenvalue weighted by molar-refractivity contribution is 7.98. The smallest absolute Gasteiger partial charge is 0.185 e. The van der Waals surface area contributed by atoms with Gasteiger partial charge in [0.2, 0.25) is 0 Å². The molecule has 0 spiro atoms. The molecule has 0 aliphatic carbocycles. The number of anilines is 1. The van der Waals surface area contributed by atoms with Gasteiger partial charge in [0.25, 0.3) is 0 Å². The van der Waals surface area contributed by atoms with E-state index in [1.54, 1.807) is 4.52 Å². The molecular formula is C15H17N5S. The number of benzene rings is 1. The van der Waals surface area contributed by atoms with Gasteiger partial charge in [-0.1, -0.05) is 30.3 Å². The van der Waals surface area contributed by atoms with Gasteiger partial charge in [0.15, 0.2) is 11.5 Å². The summed E-state index contributed by atoms with van der Waals surface area (Å²) in [6.07, 6.45) is 3.24. The van der Waals surface area contributed by atoms with Crippen LogP contribution in [0.1, 0.15) is 6.42 Å². The van der Waals surface area contributed by atoms with Crippen LogP contribution < -0.4 is 5.32 Å². The molecule has 3 aromatic rings. The number of thioether (sulfide) groups is 1. The predicted octanol–water partition coefficient (Wildman–Crippen LogP) is 2.96. The number of fused-ring (bicyclic) bond motifs is 1. The summed E-state index contributed by atoms with van der Waals surface area (Å²) in [5.41, 5.74) is 1.76. The largest absolute Gasteiger partial charge is 0.369 e. The van der Waals surface area contributed by atoms with Crippen molar-refractivity contribution in [3.8, 4) is 11.4 Å². The molecule has 2 aromatic heterocycles. The summed E-state index contributed by atoms with van der Waals surface area (Å²) in [7, 11) is 0. The quantitative estimate of drug-likeness (QED) is 0.709. The van der Waals surface area contributed by atoms with Crippen molar-refractivity contribution in [1.82, 2.24) is 19.8 Å². The maximum atomic E-state index is 4.58. The number of aromatic nitrogens is 4. The molecule has 2 heterocycles. The Labute approximate surface area is 127 Å². The van der Waals surface area contributed by atoms with Crippen LogP contribution in [0.4, 0.5) is 5.82 Å². The third-order valence-corrected chi connectivity index (χ3v) is 3.82. The molecule has 0 aliphatic rings. The third-order valence-electron chi connectivity index (χ3n) is 3.13. The maximum Gasteiger partial charge on any atom is 0.185 e. The lowest BCUT2D eigenvalue weighted by atomic mass is 10.2. The van der Waals surface area contributed by atoms with E-state index in [1.807, 2.05) is 54.2 Å². The second kappa shape index (κ2) is 6.58. The molecule has 6 heteroatoms. The molecule has 0 fully saturated rings. The van der Waals surface area contributed by atoms with Crippen LogP contribution in [0, 0.1) is 0 Å². The molecule has 1 N–H and O–H groups in total. The monoisotopic (exact) mass is 299 g/mol. The molecule has 0 radical (unpaired) electrons. The Morgan fingerprint density at radius 3 is 2.76 bits per heavy atom. The van der Waals surface area contributed by atoms with Crippen molar-refractivity contribution in [2.24, 2.45) is 0 Å². The second-order valence-corrected chi connectivity index (χ2v) is 5.64. The van der Waals surface area contributed by atoms with Gasteiger partial charge in [0.05, 0.1) is 0 Å². The standard InChI is InChI=1S/C15H17N5S/c1-21-11-5-10-16-13-8-9-14-17-18-15(20(14)19-13)12-6-3-2-4-7-12/h2-4,6-9H,5,10-11H2,1H3,(H,16,19). The molecule has 108 valence electrons. The number of nitrogens with one attached hydrogen (secondary N) is 1. The van der Waals surface area contributed by atoms with Gasteiger partial charge in [-0.3, -0.25) is 0 Å².